The number of amides is 1. The third kappa shape index (κ3) is 4.77. The number of hydrogen-bond donors (Lipinski definition) is 2. The summed E-state index contributed by atoms with van der Waals surface area (Å²) >= 11 is 6.04. The SMILES string of the molecule is O=C(COc1ccccc1)Nc1nc2n(n1)[C@@H](c1ccc(F)cc1)C=C(c1ccc(Cl)cc1)N2. The Labute approximate surface area is 199 Å². The normalized spacial score (nSPS) is 14.5. The Morgan fingerprint density at radius 2 is 1.79 bits per heavy atom. The van der Waals surface area contributed by atoms with Gasteiger partial charge in [0.05, 0.1) is 0 Å². The summed E-state index contributed by atoms with van der Waals surface area (Å²) in [5, 5.41) is 11.0. The molecule has 0 fully saturated rings. The van der Waals surface area contributed by atoms with Gasteiger partial charge in [-0.15, -0.1) is 5.10 Å². The van der Waals surface area contributed by atoms with Gasteiger partial charge in [-0.05, 0) is 53.6 Å². The molecule has 1 aliphatic rings. The smallest absolute Gasteiger partial charge is 0.264 e. The van der Waals surface area contributed by atoms with E-state index < -0.39 is 5.91 Å². The second-order valence-electron chi connectivity index (χ2n) is 7.56. The average molecular weight is 476 g/mol. The number of nitrogens with zero attached hydrogens (tertiary/aromatic N) is 3. The predicted octanol–water partition coefficient (Wildman–Crippen LogP) is 5.14. The van der Waals surface area contributed by atoms with Crippen LogP contribution in [0.3, 0.4) is 0 Å². The molecule has 1 aliphatic heterocycles. The fourth-order valence-electron chi connectivity index (χ4n) is 3.57. The van der Waals surface area contributed by atoms with E-state index >= 15 is 0 Å². The molecule has 0 aliphatic carbocycles. The van der Waals surface area contributed by atoms with Gasteiger partial charge in [-0.1, -0.05) is 54.1 Å². The van der Waals surface area contributed by atoms with Crippen LogP contribution in [0.25, 0.3) is 5.70 Å². The fraction of sp³-hybridized carbons (Fsp3) is 0.0800. The number of allylic oxidation sites excluding steroid dienone is 1. The van der Waals surface area contributed by atoms with Crippen LogP contribution in [0.2, 0.25) is 5.02 Å². The molecule has 34 heavy (non-hydrogen) atoms. The van der Waals surface area contributed by atoms with Crippen molar-refractivity contribution in [3.8, 4) is 5.75 Å². The van der Waals surface area contributed by atoms with Gasteiger partial charge in [0.2, 0.25) is 5.95 Å². The number of carbonyl (C=O) groups excluding carboxylic acids is 1. The van der Waals surface area contributed by atoms with E-state index in [-0.39, 0.29) is 24.4 Å². The molecular formula is C25H19ClFN5O2. The van der Waals surface area contributed by atoms with Gasteiger partial charge in [0.25, 0.3) is 11.9 Å². The zero-order chi connectivity index (χ0) is 23.5. The maximum absolute atomic E-state index is 13.5. The molecule has 1 aromatic heterocycles. The van der Waals surface area contributed by atoms with Crippen molar-refractivity contribution in [2.75, 3.05) is 17.2 Å². The van der Waals surface area contributed by atoms with Gasteiger partial charge in [0.15, 0.2) is 6.61 Å². The van der Waals surface area contributed by atoms with Gasteiger partial charge < -0.3 is 10.1 Å². The van der Waals surface area contributed by atoms with Gasteiger partial charge in [-0.3, -0.25) is 10.1 Å². The highest BCUT2D eigenvalue weighted by Crippen LogP contribution is 2.33. The van der Waals surface area contributed by atoms with Gasteiger partial charge >= 0.3 is 0 Å². The van der Waals surface area contributed by atoms with Crippen molar-refractivity contribution < 1.29 is 13.9 Å². The summed E-state index contributed by atoms with van der Waals surface area (Å²) in [5.41, 5.74) is 2.49. The number of anilines is 2. The maximum atomic E-state index is 13.5. The largest absolute Gasteiger partial charge is 0.484 e. The van der Waals surface area contributed by atoms with Crippen LogP contribution in [-0.2, 0) is 4.79 Å². The van der Waals surface area contributed by atoms with Crippen LogP contribution in [0, 0.1) is 5.82 Å². The standard InChI is InChI=1S/C25H19ClFN5O2/c26-18-10-6-16(7-11-18)21-14-22(17-8-12-19(27)13-9-17)32-25(28-21)30-24(31-32)29-23(33)15-34-20-4-2-1-3-5-20/h1-14,22H,15H2,(H2,28,29,30,31,33)/t22-/m1/s1. The Hall–Kier alpha value is -4.17. The van der Waals surface area contributed by atoms with Crippen LogP contribution in [0.1, 0.15) is 17.2 Å². The lowest BCUT2D eigenvalue weighted by Gasteiger charge is -2.24. The number of nitrogens with one attached hydrogen (secondary N) is 2. The Balaban J connectivity index is 1.40. The number of benzene rings is 3. The number of halogens is 2. The molecule has 4 aromatic rings. The van der Waals surface area contributed by atoms with Gasteiger partial charge in [0, 0.05) is 10.7 Å². The summed E-state index contributed by atoms with van der Waals surface area (Å²) in [6, 6.07) is 22.2. The number of fused-ring (bicyclic) bond motifs is 1. The monoisotopic (exact) mass is 475 g/mol. The molecule has 7 nitrogen and oxygen atoms in total. The first-order chi connectivity index (χ1) is 16.5. The molecule has 0 radical (unpaired) electrons. The third-order valence-electron chi connectivity index (χ3n) is 5.20. The summed E-state index contributed by atoms with van der Waals surface area (Å²) in [5.74, 6) is 0.425. The number of aromatic nitrogens is 3. The van der Waals surface area contributed by atoms with E-state index in [0.29, 0.717) is 16.7 Å². The van der Waals surface area contributed by atoms with Crippen LogP contribution in [0.5, 0.6) is 5.75 Å². The molecule has 1 amide bonds. The molecule has 2 N–H and O–H groups in total. The third-order valence-corrected chi connectivity index (χ3v) is 5.45. The lowest BCUT2D eigenvalue weighted by Crippen LogP contribution is -2.21. The van der Waals surface area contributed by atoms with E-state index in [1.165, 1.54) is 12.1 Å². The molecule has 0 unspecified atom stereocenters. The first-order valence-corrected chi connectivity index (χ1v) is 10.9. The molecule has 5 rings (SSSR count). The average Bonchev–Trinajstić information content (AvgIpc) is 3.26. The highest BCUT2D eigenvalue weighted by molar-refractivity contribution is 6.30. The highest BCUT2D eigenvalue weighted by Gasteiger charge is 2.26. The number of hydrogen-bond acceptors (Lipinski definition) is 5. The summed E-state index contributed by atoms with van der Waals surface area (Å²) in [6.45, 7) is -0.184. The molecule has 0 spiro atoms. The van der Waals surface area contributed by atoms with Crippen LogP contribution in [0.4, 0.5) is 16.3 Å². The van der Waals surface area contributed by atoms with E-state index in [9.17, 15) is 9.18 Å². The van der Waals surface area contributed by atoms with Gasteiger partial charge in [-0.25, -0.2) is 9.07 Å². The second-order valence-corrected chi connectivity index (χ2v) is 8.00. The molecule has 0 saturated carbocycles. The minimum absolute atomic E-state index is 0.127. The second kappa shape index (κ2) is 9.36. The lowest BCUT2D eigenvalue weighted by molar-refractivity contribution is -0.118. The Morgan fingerprint density at radius 1 is 1.06 bits per heavy atom. The van der Waals surface area contributed by atoms with Crippen LogP contribution in [0.15, 0.2) is 84.9 Å². The van der Waals surface area contributed by atoms with Crippen molar-refractivity contribution in [1.29, 1.82) is 0 Å². The fourth-order valence-corrected chi connectivity index (χ4v) is 3.69. The summed E-state index contributed by atoms with van der Waals surface area (Å²) in [6.07, 6.45) is 1.96. The van der Waals surface area contributed by atoms with E-state index in [4.69, 9.17) is 16.3 Å². The van der Waals surface area contributed by atoms with Gasteiger partial charge in [-0.2, -0.15) is 4.98 Å². The highest BCUT2D eigenvalue weighted by atomic mass is 35.5. The first kappa shape index (κ1) is 21.7. The number of ether oxygens (including phenoxy) is 1. The minimum Gasteiger partial charge on any atom is -0.484 e. The molecule has 1 atom stereocenters. The van der Waals surface area contributed by atoms with Crippen LogP contribution in [-0.4, -0.2) is 27.3 Å². The summed E-state index contributed by atoms with van der Waals surface area (Å²) in [4.78, 5) is 16.8. The van der Waals surface area contributed by atoms with Crippen molar-refractivity contribution in [3.63, 3.8) is 0 Å². The molecule has 2 heterocycles. The minimum atomic E-state index is -0.393. The van der Waals surface area contributed by atoms with Crippen LogP contribution >= 0.6 is 11.6 Å². The van der Waals surface area contributed by atoms with Crippen molar-refractivity contribution in [1.82, 2.24) is 14.8 Å². The molecule has 3 aromatic carbocycles. The Morgan fingerprint density at radius 3 is 2.53 bits per heavy atom. The number of carbonyl (C=O) groups is 1. The molecule has 0 bridgehead atoms. The quantitative estimate of drug-likeness (QED) is 0.403. The molecule has 170 valence electrons. The maximum Gasteiger partial charge on any atom is 0.264 e. The topological polar surface area (TPSA) is 81.1 Å². The van der Waals surface area contributed by atoms with Gasteiger partial charge in [0.1, 0.15) is 17.6 Å². The van der Waals surface area contributed by atoms with E-state index in [2.05, 4.69) is 20.7 Å². The van der Waals surface area contributed by atoms with Crippen molar-refractivity contribution in [2.45, 2.75) is 6.04 Å². The molecular weight excluding hydrogens is 457 g/mol. The zero-order valence-electron chi connectivity index (χ0n) is 17.8. The zero-order valence-corrected chi connectivity index (χ0v) is 18.5. The summed E-state index contributed by atoms with van der Waals surface area (Å²) < 4.78 is 20.7. The Bertz CT molecular complexity index is 1340. The van der Waals surface area contributed by atoms with E-state index in [1.807, 2.05) is 36.4 Å². The van der Waals surface area contributed by atoms with E-state index in [1.54, 1.807) is 41.1 Å². The molecule has 9 heteroatoms. The predicted molar refractivity (Wildman–Crippen MR) is 128 cm³/mol. The number of para-hydroxylation sites is 1. The molecule has 0 saturated heterocycles. The lowest BCUT2D eigenvalue weighted by atomic mass is 10.0. The first-order valence-electron chi connectivity index (χ1n) is 10.5. The van der Waals surface area contributed by atoms with Crippen molar-refractivity contribution in [3.05, 3.63) is 107 Å². The number of rotatable bonds is 6. The Kier molecular flexibility index (Phi) is 5.97. The van der Waals surface area contributed by atoms with Crippen molar-refractivity contribution >= 4 is 35.1 Å². The van der Waals surface area contributed by atoms with E-state index in [0.717, 1.165) is 16.8 Å². The van der Waals surface area contributed by atoms with Crippen molar-refractivity contribution in [2.24, 2.45) is 0 Å². The summed E-state index contributed by atoms with van der Waals surface area (Å²) in [7, 11) is 0. The van der Waals surface area contributed by atoms with Crippen LogP contribution < -0.4 is 15.4 Å².